The maximum Gasteiger partial charge on any atom is 0.227 e. The van der Waals surface area contributed by atoms with Crippen LogP contribution in [0, 0.1) is 0 Å². The Bertz CT molecular complexity index is 1190. The van der Waals surface area contributed by atoms with E-state index < -0.39 is 10.9 Å². The summed E-state index contributed by atoms with van der Waals surface area (Å²) < 4.78 is 4.02. The molecule has 23 heavy (non-hydrogen) atoms. The Morgan fingerprint density at radius 3 is 2.57 bits per heavy atom. The molecule has 0 aromatic carbocycles. The highest BCUT2D eigenvalue weighted by Gasteiger charge is 2.20. The van der Waals surface area contributed by atoms with E-state index >= 15 is 0 Å². The second kappa shape index (κ2) is 4.29. The van der Waals surface area contributed by atoms with Crippen LogP contribution in [0.2, 0.25) is 0 Å². The summed E-state index contributed by atoms with van der Waals surface area (Å²) in [5.74, 6) is 0. The molecule has 0 saturated heterocycles. The van der Waals surface area contributed by atoms with Gasteiger partial charge in [0.2, 0.25) is 10.9 Å². The third kappa shape index (κ3) is 1.59. The SMILES string of the molecule is O=c1cc2n3ccncc3c3c4c(ccn4c-2cc1=O)CCC3. The van der Waals surface area contributed by atoms with Gasteiger partial charge in [-0.05, 0) is 30.9 Å². The minimum atomic E-state index is -0.480. The second-order valence-corrected chi connectivity index (χ2v) is 6.01. The van der Waals surface area contributed by atoms with Crippen LogP contribution < -0.4 is 10.9 Å². The average molecular weight is 303 g/mol. The van der Waals surface area contributed by atoms with Gasteiger partial charge in [0.1, 0.15) is 0 Å². The zero-order valence-corrected chi connectivity index (χ0v) is 12.3. The minimum Gasteiger partial charge on any atom is -0.314 e. The molecule has 2 aliphatic carbocycles. The fourth-order valence-corrected chi connectivity index (χ4v) is 3.76. The topological polar surface area (TPSA) is 55.9 Å². The van der Waals surface area contributed by atoms with Gasteiger partial charge in [0.15, 0.2) is 0 Å². The van der Waals surface area contributed by atoms with Gasteiger partial charge in [-0.15, -0.1) is 0 Å². The molecule has 0 amide bonds. The van der Waals surface area contributed by atoms with Crippen molar-refractivity contribution in [2.75, 3.05) is 0 Å². The predicted molar refractivity (Wildman–Crippen MR) is 87.3 cm³/mol. The monoisotopic (exact) mass is 303 g/mol. The molecular weight excluding hydrogens is 290 g/mol. The number of aryl methyl sites for hydroxylation is 2. The summed E-state index contributed by atoms with van der Waals surface area (Å²) in [7, 11) is 0. The zero-order valence-electron chi connectivity index (χ0n) is 12.3. The lowest BCUT2D eigenvalue weighted by Gasteiger charge is -2.12. The Balaban J connectivity index is 2.21. The maximum atomic E-state index is 11.9. The number of hydrogen-bond acceptors (Lipinski definition) is 3. The van der Waals surface area contributed by atoms with E-state index in [0.29, 0.717) is 0 Å². The summed E-state index contributed by atoms with van der Waals surface area (Å²) in [6, 6.07) is 5.00. The van der Waals surface area contributed by atoms with Gasteiger partial charge < -0.3 is 8.80 Å². The van der Waals surface area contributed by atoms with Gasteiger partial charge in [-0.1, -0.05) is 0 Å². The van der Waals surface area contributed by atoms with E-state index in [0.717, 1.165) is 41.7 Å². The van der Waals surface area contributed by atoms with E-state index in [1.807, 2.05) is 27.4 Å². The molecule has 5 heteroatoms. The summed E-state index contributed by atoms with van der Waals surface area (Å²) in [6.45, 7) is 0. The van der Waals surface area contributed by atoms with Crippen molar-refractivity contribution >= 4 is 11.0 Å². The summed E-state index contributed by atoms with van der Waals surface area (Å²) in [4.78, 5) is 28.1. The summed E-state index contributed by atoms with van der Waals surface area (Å²) >= 11 is 0. The van der Waals surface area contributed by atoms with Crippen LogP contribution in [-0.2, 0) is 12.8 Å². The van der Waals surface area contributed by atoms with Gasteiger partial charge in [0.25, 0.3) is 0 Å². The van der Waals surface area contributed by atoms with E-state index in [1.165, 1.54) is 23.3 Å². The summed E-state index contributed by atoms with van der Waals surface area (Å²) in [5.41, 5.74) is 5.18. The van der Waals surface area contributed by atoms with Crippen molar-refractivity contribution in [3.05, 3.63) is 74.6 Å². The first-order chi connectivity index (χ1) is 11.2. The molecule has 0 N–H and O–H groups in total. The Kier molecular flexibility index (Phi) is 2.34. The van der Waals surface area contributed by atoms with Crippen molar-refractivity contribution in [2.24, 2.45) is 0 Å². The number of hydrogen-bond donors (Lipinski definition) is 0. The second-order valence-electron chi connectivity index (χ2n) is 6.01. The first kappa shape index (κ1) is 12.6. The third-order valence-electron chi connectivity index (χ3n) is 4.76. The van der Waals surface area contributed by atoms with Crippen LogP contribution in [0.25, 0.3) is 22.4 Å². The van der Waals surface area contributed by atoms with Crippen molar-refractivity contribution in [3.63, 3.8) is 0 Å². The predicted octanol–water partition coefficient (Wildman–Crippen LogP) is 1.90. The van der Waals surface area contributed by atoms with Crippen molar-refractivity contribution in [2.45, 2.75) is 19.3 Å². The van der Waals surface area contributed by atoms with Crippen LogP contribution in [0.5, 0.6) is 0 Å². The average Bonchev–Trinajstić information content (AvgIpc) is 2.96. The van der Waals surface area contributed by atoms with Gasteiger partial charge in [-0.2, -0.15) is 0 Å². The number of benzene rings is 1. The standard InChI is InChI=1S/C18H13N3O2/c22-16-8-13-14(9-17(16)23)21-6-4-11-2-1-3-12(18(11)21)15-10-19-5-7-20(13)15/h4-10H,1-3H2. The lowest BCUT2D eigenvalue weighted by atomic mass is 9.97. The van der Waals surface area contributed by atoms with Crippen LogP contribution in [0.1, 0.15) is 17.5 Å². The molecule has 5 rings (SSSR count). The first-order valence-corrected chi connectivity index (χ1v) is 7.69. The van der Waals surface area contributed by atoms with Crippen LogP contribution >= 0.6 is 0 Å². The van der Waals surface area contributed by atoms with E-state index in [2.05, 4.69) is 11.1 Å². The Hall–Kier alpha value is -2.95. The van der Waals surface area contributed by atoms with Crippen molar-refractivity contribution < 1.29 is 0 Å². The molecule has 2 aromatic heterocycles. The molecule has 0 radical (unpaired) electrons. The normalized spacial score (nSPS) is 13.9. The Morgan fingerprint density at radius 1 is 0.957 bits per heavy atom. The molecule has 2 aromatic rings. The third-order valence-corrected chi connectivity index (χ3v) is 4.76. The quantitative estimate of drug-likeness (QED) is 0.466. The van der Waals surface area contributed by atoms with E-state index in [4.69, 9.17) is 0 Å². The summed E-state index contributed by atoms with van der Waals surface area (Å²) in [6.07, 6.45) is 10.5. The van der Waals surface area contributed by atoms with Gasteiger partial charge >= 0.3 is 0 Å². The van der Waals surface area contributed by atoms with Gasteiger partial charge in [0, 0.05) is 36.3 Å². The molecule has 112 valence electrons. The highest BCUT2D eigenvalue weighted by atomic mass is 16.2. The van der Waals surface area contributed by atoms with Crippen LogP contribution in [-0.4, -0.2) is 13.8 Å². The molecule has 0 unspecified atom stereocenters. The molecule has 3 heterocycles. The molecule has 3 aliphatic rings. The van der Waals surface area contributed by atoms with Crippen molar-refractivity contribution in [1.29, 1.82) is 0 Å². The molecule has 0 saturated carbocycles. The fourth-order valence-electron chi connectivity index (χ4n) is 3.76. The number of nitrogens with zero attached hydrogens (tertiary/aromatic N) is 3. The maximum absolute atomic E-state index is 11.9. The Morgan fingerprint density at radius 2 is 1.74 bits per heavy atom. The summed E-state index contributed by atoms with van der Waals surface area (Å²) in [5, 5.41) is 0. The fraction of sp³-hybridized carbons (Fsp3) is 0.167. The molecule has 0 fully saturated rings. The molecule has 0 bridgehead atoms. The molecule has 5 nitrogen and oxygen atoms in total. The largest absolute Gasteiger partial charge is 0.314 e. The van der Waals surface area contributed by atoms with Gasteiger partial charge in [-0.25, -0.2) is 0 Å². The first-order valence-electron chi connectivity index (χ1n) is 7.69. The highest BCUT2D eigenvalue weighted by molar-refractivity contribution is 5.78. The number of fused-ring (bicyclic) bond motifs is 5. The lowest BCUT2D eigenvalue weighted by molar-refractivity contribution is 0.807. The molecular formula is C18H13N3O2. The van der Waals surface area contributed by atoms with Crippen LogP contribution in [0.3, 0.4) is 0 Å². The van der Waals surface area contributed by atoms with Crippen LogP contribution in [0.15, 0.2) is 52.6 Å². The van der Waals surface area contributed by atoms with E-state index in [1.54, 1.807) is 6.20 Å². The minimum absolute atomic E-state index is 0.471. The lowest BCUT2D eigenvalue weighted by Crippen LogP contribution is -2.23. The van der Waals surface area contributed by atoms with Crippen LogP contribution in [0.4, 0.5) is 0 Å². The molecule has 0 atom stereocenters. The van der Waals surface area contributed by atoms with E-state index in [-0.39, 0.29) is 0 Å². The number of rotatable bonds is 0. The van der Waals surface area contributed by atoms with Crippen molar-refractivity contribution in [1.82, 2.24) is 13.8 Å². The Labute approximate surface area is 130 Å². The van der Waals surface area contributed by atoms with E-state index in [9.17, 15) is 9.59 Å². The molecule has 0 spiro atoms. The van der Waals surface area contributed by atoms with Gasteiger partial charge in [0.05, 0.1) is 28.6 Å². The number of aromatic nitrogens is 3. The smallest absolute Gasteiger partial charge is 0.227 e. The highest BCUT2D eigenvalue weighted by Crippen LogP contribution is 2.32. The van der Waals surface area contributed by atoms with Crippen molar-refractivity contribution in [3.8, 4) is 11.4 Å². The zero-order chi connectivity index (χ0) is 15.6. The molecule has 1 aliphatic heterocycles. The van der Waals surface area contributed by atoms with Gasteiger partial charge in [-0.3, -0.25) is 14.6 Å².